The van der Waals surface area contributed by atoms with Gasteiger partial charge in [0.15, 0.2) is 0 Å². The minimum Gasteiger partial charge on any atom is -0.360 e. The van der Waals surface area contributed by atoms with E-state index in [9.17, 15) is 9.59 Å². The van der Waals surface area contributed by atoms with Crippen LogP contribution in [0, 0.1) is 0 Å². The molecule has 0 atom stereocenters. The van der Waals surface area contributed by atoms with E-state index in [-0.39, 0.29) is 11.8 Å². The van der Waals surface area contributed by atoms with Crippen molar-refractivity contribution in [3.05, 3.63) is 53.9 Å². The number of amides is 2. The molecule has 2 rings (SSSR count). The highest BCUT2D eigenvalue weighted by atomic mass is 16.2. The summed E-state index contributed by atoms with van der Waals surface area (Å²) in [4.78, 5) is 25.6. The van der Waals surface area contributed by atoms with Crippen LogP contribution in [0.15, 0.2) is 47.7 Å². The Morgan fingerprint density at radius 1 is 1.20 bits per heavy atom. The van der Waals surface area contributed by atoms with Crippen LogP contribution in [-0.2, 0) is 4.79 Å². The van der Waals surface area contributed by atoms with Crippen molar-refractivity contribution in [2.75, 3.05) is 5.32 Å². The second-order valence-corrected chi connectivity index (χ2v) is 4.08. The van der Waals surface area contributed by atoms with E-state index in [2.05, 4.69) is 20.8 Å². The lowest BCUT2D eigenvalue weighted by molar-refractivity contribution is -0.114. The Bertz CT molecular complexity index is 615. The van der Waals surface area contributed by atoms with Gasteiger partial charge in [-0.3, -0.25) is 9.59 Å². The van der Waals surface area contributed by atoms with Crippen LogP contribution in [0.2, 0.25) is 0 Å². The van der Waals surface area contributed by atoms with Crippen LogP contribution in [-0.4, -0.2) is 23.0 Å². The van der Waals surface area contributed by atoms with Crippen molar-refractivity contribution in [1.29, 1.82) is 0 Å². The number of hydrogen-bond donors (Lipinski definition) is 3. The molecule has 0 radical (unpaired) electrons. The number of rotatable bonds is 4. The number of carbonyl (C=O) groups is 2. The van der Waals surface area contributed by atoms with Gasteiger partial charge in [-0.05, 0) is 36.4 Å². The normalized spacial score (nSPS) is 10.4. The Kier molecular flexibility index (Phi) is 4.28. The average molecular weight is 270 g/mol. The van der Waals surface area contributed by atoms with Crippen LogP contribution in [0.4, 0.5) is 5.69 Å². The maximum Gasteiger partial charge on any atom is 0.271 e. The molecule has 1 aromatic carbocycles. The van der Waals surface area contributed by atoms with E-state index in [0.717, 1.165) is 5.69 Å². The van der Waals surface area contributed by atoms with Crippen molar-refractivity contribution in [3.8, 4) is 0 Å². The van der Waals surface area contributed by atoms with Crippen molar-refractivity contribution in [1.82, 2.24) is 10.4 Å². The van der Waals surface area contributed by atoms with E-state index in [1.54, 1.807) is 30.5 Å². The van der Waals surface area contributed by atoms with E-state index in [0.29, 0.717) is 11.3 Å². The van der Waals surface area contributed by atoms with Crippen LogP contribution in [0.5, 0.6) is 0 Å². The molecule has 0 saturated heterocycles. The first-order chi connectivity index (χ1) is 9.65. The lowest BCUT2D eigenvalue weighted by Crippen LogP contribution is -2.17. The molecule has 0 aliphatic heterocycles. The third kappa shape index (κ3) is 3.81. The van der Waals surface area contributed by atoms with Gasteiger partial charge in [0.25, 0.3) is 5.91 Å². The number of hydrazone groups is 1. The van der Waals surface area contributed by atoms with Gasteiger partial charge >= 0.3 is 0 Å². The summed E-state index contributed by atoms with van der Waals surface area (Å²) in [6.45, 7) is 1.43. The highest BCUT2D eigenvalue weighted by molar-refractivity contribution is 5.95. The molecule has 0 unspecified atom stereocenters. The van der Waals surface area contributed by atoms with Crippen molar-refractivity contribution in [2.24, 2.45) is 5.10 Å². The lowest BCUT2D eigenvalue weighted by atomic mass is 10.2. The monoisotopic (exact) mass is 270 g/mol. The fraction of sp³-hybridized carbons (Fsp3) is 0.0714. The molecule has 6 nitrogen and oxygen atoms in total. The number of nitrogens with one attached hydrogen (secondary N) is 3. The molecule has 0 aliphatic rings. The summed E-state index contributed by atoms with van der Waals surface area (Å²) >= 11 is 0. The number of H-pyrrole nitrogens is 1. The summed E-state index contributed by atoms with van der Waals surface area (Å²) in [7, 11) is 0. The number of aromatic nitrogens is 1. The molecule has 102 valence electrons. The van der Waals surface area contributed by atoms with Gasteiger partial charge in [-0.1, -0.05) is 0 Å². The first kappa shape index (κ1) is 13.5. The molecule has 0 aliphatic carbocycles. The Labute approximate surface area is 115 Å². The summed E-state index contributed by atoms with van der Waals surface area (Å²) in [6, 6.07) is 10.2. The van der Waals surface area contributed by atoms with Gasteiger partial charge in [0.2, 0.25) is 5.91 Å². The van der Waals surface area contributed by atoms with Gasteiger partial charge in [-0.25, -0.2) is 5.43 Å². The summed E-state index contributed by atoms with van der Waals surface area (Å²) in [5, 5.41) is 6.46. The number of carbonyl (C=O) groups excluding carboxylic acids is 2. The third-order valence-electron chi connectivity index (χ3n) is 2.46. The molecule has 1 heterocycles. The zero-order chi connectivity index (χ0) is 14.4. The Morgan fingerprint density at radius 3 is 2.55 bits per heavy atom. The zero-order valence-electron chi connectivity index (χ0n) is 10.9. The molecule has 0 fully saturated rings. The molecule has 0 spiro atoms. The Hall–Kier alpha value is -2.89. The molecule has 6 heteroatoms. The molecule has 0 bridgehead atoms. The van der Waals surface area contributed by atoms with Gasteiger partial charge in [-0.2, -0.15) is 5.10 Å². The van der Waals surface area contributed by atoms with Crippen molar-refractivity contribution in [3.63, 3.8) is 0 Å². The number of aromatic amines is 1. The fourth-order valence-corrected chi connectivity index (χ4v) is 1.56. The quantitative estimate of drug-likeness (QED) is 0.583. The highest BCUT2D eigenvalue weighted by Gasteiger charge is 2.04. The molecule has 2 amide bonds. The van der Waals surface area contributed by atoms with Gasteiger partial charge < -0.3 is 10.3 Å². The van der Waals surface area contributed by atoms with E-state index < -0.39 is 0 Å². The fourth-order valence-electron chi connectivity index (χ4n) is 1.56. The number of hydrogen-bond acceptors (Lipinski definition) is 3. The molecular formula is C14H14N4O2. The number of benzene rings is 1. The second-order valence-electron chi connectivity index (χ2n) is 4.08. The predicted octanol–water partition coefficient (Wildman–Crippen LogP) is 1.74. The SMILES string of the molecule is CC(=O)Nc1ccc(C(=O)NN=Cc2ccc[nH]2)cc1. The van der Waals surface area contributed by atoms with Crippen LogP contribution in [0.3, 0.4) is 0 Å². The van der Waals surface area contributed by atoms with Gasteiger partial charge in [-0.15, -0.1) is 0 Å². The number of anilines is 1. The molecule has 3 N–H and O–H groups in total. The smallest absolute Gasteiger partial charge is 0.271 e. The maximum atomic E-state index is 11.8. The van der Waals surface area contributed by atoms with Crippen LogP contribution in [0.25, 0.3) is 0 Å². The van der Waals surface area contributed by atoms with E-state index in [1.165, 1.54) is 13.1 Å². The van der Waals surface area contributed by atoms with Gasteiger partial charge in [0.05, 0.1) is 11.9 Å². The minimum atomic E-state index is -0.317. The molecule has 2 aromatic rings. The first-order valence-corrected chi connectivity index (χ1v) is 5.99. The number of nitrogens with zero attached hydrogens (tertiary/aromatic N) is 1. The molecule has 0 saturated carbocycles. The van der Waals surface area contributed by atoms with Crippen molar-refractivity contribution >= 4 is 23.7 Å². The second kappa shape index (κ2) is 6.33. The van der Waals surface area contributed by atoms with Crippen molar-refractivity contribution < 1.29 is 9.59 Å². The van der Waals surface area contributed by atoms with Gasteiger partial charge in [0, 0.05) is 24.4 Å². The summed E-state index contributed by atoms with van der Waals surface area (Å²) in [5.41, 5.74) is 4.32. The average Bonchev–Trinajstić information content (AvgIpc) is 2.92. The lowest BCUT2D eigenvalue weighted by Gasteiger charge is -2.03. The molecule has 1 aromatic heterocycles. The molecule has 20 heavy (non-hydrogen) atoms. The van der Waals surface area contributed by atoms with E-state index >= 15 is 0 Å². The van der Waals surface area contributed by atoms with Crippen molar-refractivity contribution in [2.45, 2.75) is 6.92 Å². The maximum absolute atomic E-state index is 11.8. The van der Waals surface area contributed by atoms with E-state index in [4.69, 9.17) is 0 Å². The third-order valence-corrected chi connectivity index (χ3v) is 2.46. The molecular weight excluding hydrogens is 256 g/mol. The standard InChI is InChI=1S/C14H14N4O2/c1-10(19)17-12-6-4-11(5-7-12)14(20)18-16-9-13-3-2-8-15-13/h2-9,15H,1H3,(H,17,19)(H,18,20). The Morgan fingerprint density at radius 2 is 1.95 bits per heavy atom. The Balaban J connectivity index is 1.93. The van der Waals surface area contributed by atoms with Crippen LogP contribution >= 0.6 is 0 Å². The topological polar surface area (TPSA) is 86.3 Å². The predicted molar refractivity (Wildman–Crippen MR) is 76.6 cm³/mol. The first-order valence-electron chi connectivity index (χ1n) is 5.99. The largest absolute Gasteiger partial charge is 0.360 e. The summed E-state index contributed by atoms with van der Waals surface area (Å²) in [6.07, 6.45) is 3.29. The van der Waals surface area contributed by atoms with Gasteiger partial charge in [0.1, 0.15) is 0 Å². The van der Waals surface area contributed by atoms with E-state index in [1.807, 2.05) is 12.1 Å². The van der Waals surface area contributed by atoms with Crippen LogP contribution in [0.1, 0.15) is 23.0 Å². The van der Waals surface area contributed by atoms with Crippen LogP contribution < -0.4 is 10.7 Å². The zero-order valence-corrected chi connectivity index (χ0v) is 10.9. The highest BCUT2D eigenvalue weighted by Crippen LogP contribution is 2.09. The summed E-state index contributed by atoms with van der Waals surface area (Å²) in [5.74, 6) is -0.472. The minimum absolute atomic E-state index is 0.155. The summed E-state index contributed by atoms with van der Waals surface area (Å²) < 4.78 is 0.